The summed E-state index contributed by atoms with van der Waals surface area (Å²) in [6, 6.07) is 23.9. The van der Waals surface area contributed by atoms with E-state index in [0.29, 0.717) is 5.75 Å². The molecule has 38 heavy (non-hydrogen) atoms. The summed E-state index contributed by atoms with van der Waals surface area (Å²) >= 11 is 0. The van der Waals surface area contributed by atoms with Crippen LogP contribution in [-0.2, 0) is 5.41 Å². The number of anilines is 1. The van der Waals surface area contributed by atoms with Crippen molar-refractivity contribution in [2.75, 3.05) is 26.1 Å². The van der Waals surface area contributed by atoms with Crippen LogP contribution < -0.4 is 9.64 Å². The van der Waals surface area contributed by atoms with E-state index in [1.165, 1.54) is 28.7 Å². The van der Waals surface area contributed by atoms with Gasteiger partial charge in [0.25, 0.3) is 0 Å². The van der Waals surface area contributed by atoms with Gasteiger partial charge in [-0.05, 0) is 93.6 Å². The quantitative estimate of drug-likeness (QED) is 0.302. The number of phenols is 1. The molecule has 2 aliphatic rings. The molecule has 0 radical (unpaired) electrons. The lowest BCUT2D eigenvalue weighted by atomic mass is 9.52. The summed E-state index contributed by atoms with van der Waals surface area (Å²) in [7, 11) is 5.82. The fourth-order valence-corrected chi connectivity index (χ4v) is 8.19. The number of benzene rings is 4. The number of fused-ring (bicyclic) bond motifs is 7. The molecule has 3 heteroatoms. The highest BCUT2D eigenvalue weighted by Crippen LogP contribution is 2.65. The van der Waals surface area contributed by atoms with Crippen molar-refractivity contribution in [2.45, 2.75) is 52.4 Å². The van der Waals surface area contributed by atoms with Gasteiger partial charge in [-0.1, -0.05) is 64.1 Å². The van der Waals surface area contributed by atoms with Crippen molar-refractivity contribution < 1.29 is 9.84 Å². The second-order valence-electron chi connectivity index (χ2n) is 13.3. The van der Waals surface area contributed by atoms with Gasteiger partial charge in [0.2, 0.25) is 0 Å². The van der Waals surface area contributed by atoms with Gasteiger partial charge in [-0.15, -0.1) is 0 Å². The molecule has 0 heterocycles. The second-order valence-corrected chi connectivity index (χ2v) is 13.3. The molecule has 3 nitrogen and oxygen atoms in total. The molecule has 4 aromatic rings. The van der Waals surface area contributed by atoms with Gasteiger partial charge in [-0.2, -0.15) is 0 Å². The zero-order valence-corrected chi connectivity index (χ0v) is 23.8. The van der Waals surface area contributed by atoms with Crippen molar-refractivity contribution >= 4 is 16.5 Å². The first kappa shape index (κ1) is 24.9. The minimum Gasteiger partial charge on any atom is -0.507 e. The lowest BCUT2D eigenvalue weighted by molar-refractivity contribution is 0.0645. The fourth-order valence-electron chi connectivity index (χ4n) is 8.19. The molecule has 196 valence electrons. The number of phenolic OH excluding ortho intramolecular Hbond substituents is 1. The molecule has 6 rings (SSSR count). The Labute approximate surface area is 227 Å². The van der Waals surface area contributed by atoms with Crippen LogP contribution in [0.3, 0.4) is 0 Å². The predicted molar refractivity (Wildman–Crippen MR) is 160 cm³/mol. The lowest BCUT2D eigenvalue weighted by Crippen LogP contribution is -2.43. The van der Waals surface area contributed by atoms with Crippen molar-refractivity contribution in [3.8, 4) is 33.8 Å². The highest BCUT2D eigenvalue weighted by atomic mass is 16.5. The van der Waals surface area contributed by atoms with Crippen molar-refractivity contribution in [2.24, 2.45) is 10.8 Å². The molecule has 1 fully saturated rings. The molecule has 4 aromatic carbocycles. The number of ether oxygens (including phenoxy) is 1. The van der Waals surface area contributed by atoms with Gasteiger partial charge in [-0.25, -0.2) is 0 Å². The predicted octanol–water partition coefficient (Wildman–Crippen LogP) is 8.79. The summed E-state index contributed by atoms with van der Waals surface area (Å²) in [4.78, 5) is 2.11. The standard InChI is InChI=1S/C35H39NO2/c1-33(2)19-34(3,4)21-35(20-33)28-11-9-8-10-24(28)32-27-16-25(22-12-14-23(15-13-22)36(5)6)31(38-7)17-26(27)30(37)18-29(32)35/h8-18,37H,19-21H2,1-7H3. The Balaban J connectivity index is 1.66. The van der Waals surface area contributed by atoms with E-state index in [9.17, 15) is 5.11 Å². The number of rotatable bonds is 3. The molecule has 2 aliphatic carbocycles. The third kappa shape index (κ3) is 3.70. The highest BCUT2D eigenvalue weighted by molar-refractivity contribution is 6.07. The maximum atomic E-state index is 11.5. The van der Waals surface area contributed by atoms with Gasteiger partial charge < -0.3 is 14.7 Å². The van der Waals surface area contributed by atoms with Gasteiger partial charge in [-0.3, -0.25) is 0 Å². The smallest absolute Gasteiger partial charge is 0.127 e. The van der Waals surface area contributed by atoms with Gasteiger partial charge in [0.1, 0.15) is 11.5 Å². The van der Waals surface area contributed by atoms with Crippen LogP contribution in [0.2, 0.25) is 0 Å². The summed E-state index contributed by atoms with van der Waals surface area (Å²) in [5.74, 6) is 1.10. The fraction of sp³-hybridized carbons (Fsp3) is 0.371. The largest absolute Gasteiger partial charge is 0.507 e. The summed E-state index contributed by atoms with van der Waals surface area (Å²) in [5, 5.41) is 13.4. The number of methoxy groups -OCH3 is 1. The number of nitrogens with zero attached hydrogens (tertiary/aromatic N) is 1. The third-order valence-corrected chi connectivity index (χ3v) is 8.88. The first-order valence-corrected chi connectivity index (χ1v) is 13.7. The average molecular weight is 506 g/mol. The summed E-state index contributed by atoms with van der Waals surface area (Å²) in [5.41, 5.74) is 8.85. The maximum absolute atomic E-state index is 11.5. The molecular weight excluding hydrogens is 466 g/mol. The molecule has 1 spiro atoms. The van der Waals surface area contributed by atoms with E-state index < -0.39 is 0 Å². The van der Waals surface area contributed by atoms with E-state index in [2.05, 4.69) is 107 Å². The summed E-state index contributed by atoms with van der Waals surface area (Å²) < 4.78 is 5.87. The number of aromatic hydroxyl groups is 1. The average Bonchev–Trinajstić information content (AvgIpc) is 3.10. The van der Waals surface area contributed by atoms with Crippen LogP contribution in [0.4, 0.5) is 5.69 Å². The number of hydrogen-bond acceptors (Lipinski definition) is 3. The zero-order valence-electron chi connectivity index (χ0n) is 23.8. The first-order valence-electron chi connectivity index (χ1n) is 13.7. The van der Waals surface area contributed by atoms with E-state index in [1.807, 2.05) is 6.07 Å². The van der Waals surface area contributed by atoms with Gasteiger partial charge in [0.15, 0.2) is 0 Å². The Hall–Kier alpha value is -3.46. The topological polar surface area (TPSA) is 32.7 Å². The maximum Gasteiger partial charge on any atom is 0.127 e. The Morgan fingerprint density at radius 1 is 0.737 bits per heavy atom. The van der Waals surface area contributed by atoms with E-state index in [1.54, 1.807) is 7.11 Å². The molecule has 0 aliphatic heterocycles. The molecule has 0 saturated heterocycles. The van der Waals surface area contributed by atoms with Crippen LogP contribution in [0.15, 0.2) is 66.7 Å². The SMILES string of the molecule is COc1cc2c(O)cc3c(c2cc1-c1ccc(N(C)C)cc1)-c1ccccc1C31CC(C)(C)CC(C)(C)C1. The Morgan fingerprint density at radius 2 is 1.39 bits per heavy atom. The van der Waals surface area contributed by atoms with E-state index in [0.717, 1.165) is 46.2 Å². The first-order chi connectivity index (χ1) is 17.9. The summed E-state index contributed by atoms with van der Waals surface area (Å²) in [6.07, 6.45) is 3.35. The van der Waals surface area contributed by atoms with Gasteiger partial charge >= 0.3 is 0 Å². The molecule has 0 atom stereocenters. The van der Waals surface area contributed by atoms with Crippen molar-refractivity contribution in [1.29, 1.82) is 0 Å². The second kappa shape index (κ2) is 8.27. The zero-order chi connectivity index (χ0) is 27.0. The minimum absolute atomic E-state index is 0.115. The van der Waals surface area contributed by atoms with Crippen LogP contribution in [0.25, 0.3) is 33.0 Å². The van der Waals surface area contributed by atoms with E-state index in [4.69, 9.17) is 4.74 Å². The van der Waals surface area contributed by atoms with Crippen molar-refractivity contribution in [3.63, 3.8) is 0 Å². The van der Waals surface area contributed by atoms with Crippen LogP contribution in [0, 0.1) is 10.8 Å². The van der Waals surface area contributed by atoms with Crippen LogP contribution >= 0.6 is 0 Å². The molecule has 1 saturated carbocycles. The third-order valence-electron chi connectivity index (χ3n) is 8.88. The molecule has 0 aromatic heterocycles. The molecule has 0 unspecified atom stereocenters. The van der Waals surface area contributed by atoms with Crippen LogP contribution in [0.1, 0.15) is 58.1 Å². The van der Waals surface area contributed by atoms with Crippen LogP contribution in [0.5, 0.6) is 11.5 Å². The Morgan fingerprint density at radius 3 is 2.03 bits per heavy atom. The molecule has 0 amide bonds. The number of hydrogen-bond donors (Lipinski definition) is 1. The Kier molecular flexibility index (Phi) is 5.41. The minimum atomic E-state index is -0.115. The molecule has 0 bridgehead atoms. The van der Waals surface area contributed by atoms with E-state index >= 15 is 0 Å². The highest BCUT2D eigenvalue weighted by Gasteiger charge is 2.53. The lowest BCUT2D eigenvalue weighted by Gasteiger charge is -2.51. The monoisotopic (exact) mass is 505 g/mol. The van der Waals surface area contributed by atoms with E-state index in [-0.39, 0.29) is 16.2 Å². The van der Waals surface area contributed by atoms with Crippen molar-refractivity contribution in [1.82, 2.24) is 0 Å². The molecular formula is C35H39NO2. The van der Waals surface area contributed by atoms with Crippen molar-refractivity contribution in [3.05, 3.63) is 77.9 Å². The van der Waals surface area contributed by atoms with Crippen LogP contribution in [-0.4, -0.2) is 26.3 Å². The van der Waals surface area contributed by atoms with Gasteiger partial charge in [0, 0.05) is 36.1 Å². The molecule has 1 N–H and O–H groups in total. The summed E-state index contributed by atoms with van der Waals surface area (Å²) in [6.45, 7) is 9.66. The van der Waals surface area contributed by atoms with Gasteiger partial charge in [0.05, 0.1) is 7.11 Å². The normalized spacial score (nSPS) is 18.3. The Bertz CT molecular complexity index is 1540.